The Morgan fingerprint density at radius 1 is 0.964 bits per heavy atom. The number of nitrogens with one attached hydrogen (secondary N) is 2. The van der Waals surface area contributed by atoms with Gasteiger partial charge in [0.2, 0.25) is 0 Å². The number of H-pyrrole nitrogens is 1. The van der Waals surface area contributed by atoms with Crippen molar-refractivity contribution in [3.05, 3.63) is 71.8 Å². The van der Waals surface area contributed by atoms with Crippen molar-refractivity contribution < 1.29 is 4.79 Å². The summed E-state index contributed by atoms with van der Waals surface area (Å²) >= 11 is 0. The maximum absolute atomic E-state index is 12.2. The number of carbonyl (C=O) groups is 1. The monoisotopic (exact) mass is 368 g/mol. The lowest BCUT2D eigenvalue weighted by atomic mass is 9.91. The number of rotatable bonds is 2. The van der Waals surface area contributed by atoms with Crippen LogP contribution in [0, 0.1) is 6.92 Å². The second-order valence-corrected chi connectivity index (χ2v) is 7.85. The summed E-state index contributed by atoms with van der Waals surface area (Å²) in [5.74, 6) is -0.0125. The van der Waals surface area contributed by atoms with Gasteiger partial charge in [-0.05, 0) is 61.7 Å². The van der Waals surface area contributed by atoms with Gasteiger partial charge in [0.1, 0.15) is 5.65 Å². The van der Waals surface area contributed by atoms with E-state index in [4.69, 9.17) is 0 Å². The molecule has 1 amide bonds. The molecule has 0 atom stereocenters. The quantitative estimate of drug-likeness (QED) is 0.544. The number of nitrogens with zero attached hydrogens (tertiary/aromatic N) is 2. The van der Waals surface area contributed by atoms with E-state index in [0.29, 0.717) is 0 Å². The van der Waals surface area contributed by atoms with E-state index in [2.05, 4.69) is 39.3 Å². The van der Waals surface area contributed by atoms with Crippen molar-refractivity contribution in [1.82, 2.24) is 20.3 Å². The Balaban J connectivity index is 1.68. The molecule has 5 heteroatoms. The van der Waals surface area contributed by atoms with E-state index in [9.17, 15) is 4.79 Å². The zero-order valence-electron chi connectivity index (χ0n) is 16.0. The van der Waals surface area contributed by atoms with Crippen molar-refractivity contribution in [1.29, 1.82) is 0 Å². The van der Waals surface area contributed by atoms with E-state index < -0.39 is 0 Å². The molecule has 0 saturated carbocycles. The zero-order chi connectivity index (χ0) is 19.5. The number of fused-ring (bicyclic) bond motifs is 2. The lowest BCUT2D eigenvalue weighted by Gasteiger charge is -2.19. The van der Waals surface area contributed by atoms with Crippen LogP contribution in [0.15, 0.2) is 55.1 Å². The number of carbonyl (C=O) groups excluding carboxylic acids is 1. The van der Waals surface area contributed by atoms with Crippen molar-refractivity contribution in [3.8, 4) is 22.3 Å². The highest BCUT2D eigenvalue weighted by Crippen LogP contribution is 2.37. The summed E-state index contributed by atoms with van der Waals surface area (Å²) in [6.45, 7) is 6.13. The van der Waals surface area contributed by atoms with Crippen molar-refractivity contribution in [2.45, 2.75) is 26.3 Å². The van der Waals surface area contributed by atoms with Crippen LogP contribution in [0.3, 0.4) is 0 Å². The Kier molecular flexibility index (Phi) is 3.43. The number of hydrogen-bond acceptors (Lipinski definition) is 3. The highest BCUT2D eigenvalue weighted by molar-refractivity contribution is 6.02. The minimum atomic E-state index is -0.370. The van der Waals surface area contributed by atoms with Gasteiger partial charge in [-0.25, -0.2) is 4.98 Å². The predicted molar refractivity (Wildman–Crippen MR) is 110 cm³/mol. The lowest BCUT2D eigenvalue weighted by molar-refractivity contribution is 0.0940. The fraction of sp³-hybridized carbons (Fsp3) is 0.174. The first-order chi connectivity index (χ1) is 13.4. The average Bonchev–Trinajstić information content (AvgIpc) is 3.20. The first kappa shape index (κ1) is 16.7. The summed E-state index contributed by atoms with van der Waals surface area (Å²) in [4.78, 5) is 24.3. The molecule has 5 nitrogen and oxygen atoms in total. The van der Waals surface area contributed by atoms with E-state index in [-0.39, 0.29) is 11.4 Å². The first-order valence-electron chi connectivity index (χ1n) is 9.29. The maximum atomic E-state index is 12.2. The van der Waals surface area contributed by atoms with Gasteiger partial charge in [0.15, 0.2) is 0 Å². The Labute approximate surface area is 162 Å². The molecule has 0 radical (unpaired) electrons. The maximum Gasteiger partial charge on any atom is 0.252 e. The van der Waals surface area contributed by atoms with Crippen molar-refractivity contribution >= 4 is 16.9 Å². The van der Waals surface area contributed by atoms with E-state index in [0.717, 1.165) is 50.0 Å². The molecule has 0 fully saturated rings. The molecule has 0 saturated heterocycles. The molecule has 1 aromatic carbocycles. The summed E-state index contributed by atoms with van der Waals surface area (Å²) in [5, 5.41) is 4.09. The molecule has 2 N–H and O–H groups in total. The molecule has 3 aromatic heterocycles. The second-order valence-electron chi connectivity index (χ2n) is 7.85. The molecule has 138 valence electrons. The topological polar surface area (TPSA) is 70.7 Å². The highest BCUT2D eigenvalue weighted by atomic mass is 16.2. The van der Waals surface area contributed by atoms with Crippen LogP contribution in [0.4, 0.5) is 0 Å². The van der Waals surface area contributed by atoms with Crippen LogP contribution >= 0.6 is 0 Å². The summed E-state index contributed by atoms with van der Waals surface area (Å²) in [6, 6.07) is 10.2. The first-order valence-corrected chi connectivity index (χ1v) is 9.29. The van der Waals surface area contributed by atoms with Crippen LogP contribution in [0.2, 0.25) is 0 Å². The van der Waals surface area contributed by atoms with Gasteiger partial charge in [-0.15, -0.1) is 0 Å². The number of benzene rings is 1. The number of aromatic amines is 1. The van der Waals surface area contributed by atoms with Crippen LogP contribution < -0.4 is 5.32 Å². The largest absolute Gasteiger partial charge is 0.346 e. The van der Waals surface area contributed by atoms with Gasteiger partial charge in [0.25, 0.3) is 5.91 Å². The predicted octanol–water partition coefficient (Wildman–Crippen LogP) is 4.58. The van der Waals surface area contributed by atoms with E-state index in [1.54, 1.807) is 6.20 Å². The van der Waals surface area contributed by atoms with Crippen LogP contribution in [0.5, 0.6) is 0 Å². The van der Waals surface area contributed by atoms with E-state index in [1.807, 2.05) is 50.6 Å². The van der Waals surface area contributed by atoms with Gasteiger partial charge < -0.3 is 10.3 Å². The average molecular weight is 368 g/mol. The molecule has 28 heavy (non-hydrogen) atoms. The van der Waals surface area contributed by atoms with Gasteiger partial charge in [-0.3, -0.25) is 9.78 Å². The van der Waals surface area contributed by atoms with Crippen LogP contribution in [0.25, 0.3) is 33.3 Å². The smallest absolute Gasteiger partial charge is 0.252 e. The molecular formula is C23H20N4O. The molecule has 4 aromatic rings. The van der Waals surface area contributed by atoms with Gasteiger partial charge in [0.05, 0.1) is 5.54 Å². The fourth-order valence-corrected chi connectivity index (χ4v) is 4.00. The van der Waals surface area contributed by atoms with Gasteiger partial charge in [0, 0.05) is 52.4 Å². The number of aryl methyl sites for hydroxylation is 1. The lowest BCUT2D eigenvalue weighted by Crippen LogP contribution is -2.32. The van der Waals surface area contributed by atoms with Gasteiger partial charge >= 0.3 is 0 Å². The fourth-order valence-electron chi connectivity index (χ4n) is 4.00. The Hall–Kier alpha value is -3.47. The van der Waals surface area contributed by atoms with Crippen molar-refractivity contribution in [2.75, 3.05) is 0 Å². The molecule has 1 aliphatic rings. The normalized spacial score (nSPS) is 14.9. The molecule has 0 bridgehead atoms. The Morgan fingerprint density at radius 3 is 2.64 bits per heavy atom. The van der Waals surface area contributed by atoms with Crippen LogP contribution in [0.1, 0.15) is 35.3 Å². The molecular weight excluding hydrogens is 348 g/mol. The van der Waals surface area contributed by atoms with E-state index in [1.165, 1.54) is 0 Å². The Bertz CT molecular complexity index is 1250. The molecule has 0 unspecified atom stereocenters. The van der Waals surface area contributed by atoms with Crippen molar-refractivity contribution in [2.24, 2.45) is 0 Å². The third kappa shape index (κ3) is 2.43. The van der Waals surface area contributed by atoms with Crippen molar-refractivity contribution in [3.63, 3.8) is 0 Å². The summed E-state index contributed by atoms with van der Waals surface area (Å²) in [5.41, 5.74) is 7.66. The third-order valence-corrected chi connectivity index (χ3v) is 5.56. The summed E-state index contributed by atoms with van der Waals surface area (Å²) in [6.07, 6.45) is 7.53. The standard InChI is InChI=1S/C23H20N4O/c1-13-6-7-24-11-18(13)15-8-17-19(12-26-21(17)25-10-15)14-4-5-16-20(9-14)23(2,3)27-22(16)28/h4-12H,1-3H3,(H,25,26)(H,27,28). The van der Waals surface area contributed by atoms with Crippen LogP contribution in [-0.2, 0) is 5.54 Å². The summed E-state index contributed by atoms with van der Waals surface area (Å²) in [7, 11) is 0. The number of amides is 1. The molecule has 4 heterocycles. The molecule has 1 aliphatic heterocycles. The minimum Gasteiger partial charge on any atom is -0.346 e. The number of hydrogen-bond donors (Lipinski definition) is 2. The minimum absolute atomic E-state index is 0.0125. The second kappa shape index (κ2) is 5.76. The van der Waals surface area contributed by atoms with Crippen LogP contribution in [-0.4, -0.2) is 20.9 Å². The van der Waals surface area contributed by atoms with Gasteiger partial charge in [-0.2, -0.15) is 0 Å². The molecule has 5 rings (SSSR count). The number of pyridine rings is 2. The third-order valence-electron chi connectivity index (χ3n) is 5.56. The number of aromatic nitrogens is 3. The SMILES string of the molecule is Cc1ccncc1-c1cnc2[nH]cc(-c3ccc4c(c3)C(C)(C)NC4=O)c2c1. The zero-order valence-corrected chi connectivity index (χ0v) is 16.0. The highest BCUT2D eigenvalue weighted by Gasteiger charge is 2.35. The molecule has 0 aliphatic carbocycles. The Morgan fingerprint density at radius 2 is 1.82 bits per heavy atom. The molecule has 0 spiro atoms. The van der Waals surface area contributed by atoms with Gasteiger partial charge in [-0.1, -0.05) is 6.07 Å². The van der Waals surface area contributed by atoms with E-state index >= 15 is 0 Å². The summed E-state index contributed by atoms with van der Waals surface area (Å²) < 4.78 is 0.